The van der Waals surface area contributed by atoms with Crippen LogP contribution >= 0.6 is 0 Å². The van der Waals surface area contributed by atoms with Crippen molar-refractivity contribution < 1.29 is 0 Å². The predicted octanol–water partition coefficient (Wildman–Crippen LogP) is 1.76. The van der Waals surface area contributed by atoms with Crippen molar-refractivity contribution in [3.8, 4) is 0 Å². The fourth-order valence-corrected chi connectivity index (χ4v) is 1.11. The molecule has 0 saturated carbocycles. The summed E-state index contributed by atoms with van der Waals surface area (Å²) in [6.45, 7) is 3.78. The van der Waals surface area contributed by atoms with E-state index in [1.54, 1.807) is 0 Å². The maximum atomic E-state index is 7.02. The Balaban J connectivity index is 2.64. The second-order valence-electron chi connectivity index (χ2n) is 2.84. The molecule has 0 bridgehead atoms. The fraction of sp³-hybridized carbons (Fsp3) is 0.200. The van der Waals surface area contributed by atoms with Crippen LogP contribution in [0.5, 0.6) is 0 Å². The zero-order valence-electron chi connectivity index (χ0n) is 7.51. The monoisotopic (exact) mass is 176 g/mol. The Bertz CT molecular complexity index is 277. The molecule has 0 unspecified atom stereocenters. The molecule has 0 aromatic heterocycles. The van der Waals surface area contributed by atoms with Gasteiger partial charge >= 0.3 is 0 Å². The average Bonchev–Trinajstić information content (AvgIpc) is 2.08. The molecule has 3 nitrogen and oxygen atoms in total. The van der Waals surface area contributed by atoms with Gasteiger partial charge in [0.2, 0.25) is 0 Å². The Hall–Kier alpha value is -1.51. The van der Waals surface area contributed by atoms with Crippen molar-refractivity contribution in [3.63, 3.8) is 0 Å². The first-order chi connectivity index (χ1) is 6.22. The number of rotatable bonds is 3. The highest BCUT2D eigenvalue weighted by Gasteiger charge is 1.93. The average molecular weight is 176 g/mol. The topological polar surface area (TPSA) is 61.9 Å². The van der Waals surface area contributed by atoms with Gasteiger partial charge in [-0.2, -0.15) is 0 Å². The molecular weight excluding hydrogens is 162 g/mol. The Kier molecular flexibility index (Phi) is 3.31. The molecule has 1 rings (SSSR count). The third-order valence-electron chi connectivity index (χ3n) is 1.70. The van der Waals surface area contributed by atoms with E-state index in [4.69, 9.17) is 11.1 Å². The minimum Gasteiger partial charge on any atom is -0.370 e. The van der Waals surface area contributed by atoms with E-state index >= 15 is 0 Å². The molecule has 0 amide bonds. The van der Waals surface area contributed by atoms with E-state index in [2.05, 4.69) is 12.2 Å². The van der Waals surface area contributed by atoms with E-state index in [0.29, 0.717) is 0 Å². The van der Waals surface area contributed by atoms with Crippen molar-refractivity contribution in [3.05, 3.63) is 36.8 Å². The first-order valence-corrected chi connectivity index (χ1v) is 4.21. The Morgan fingerprint density at radius 2 is 2.00 bits per heavy atom. The van der Waals surface area contributed by atoms with Gasteiger partial charge in [0.1, 0.15) is 0 Å². The van der Waals surface area contributed by atoms with E-state index in [1.165, 1.54) is 5.56 Å². The Morgan fingerprint density at radius 1 is 1.38 bits per heavy atom. The summed E-state index contributed by atoms with van der Waals surface area (Å²) >= 11 is 0. The van der Waals surface area contributed by atoms with Crippen LogP contribution in [0.4, 0.5) is 5.69 Å². The summed E-state index contributed by atoms with van der Waals surface area (Å²) < 4.78 is 0. The normalized spacial score (nSPS) is 9.62. The lowest BCUT2D eigenvalue weighted by molar-refractivity contribution is 1.000. The predicted molar refractivity (Wildman–Crippen MR) is 55.7 cm³/mol. The summed E-state index contributed by atoms with van der Waals surface area (Å²) in [7, 11) is 0. The number of hydrogen-bond acceptors (Lipinski definition) is 1. The standard InChI is InChI=1S/C10H14N3/c1-2-3-8-4-6-9(7-5-8)13-10(11)12/h4-7H,1-3H2,(H4,11,12,13). The number of anilines is 1. The molecule has 0 saturated heterocycles. The van der Waals surface area contributed by atoms with Crippen LogP contribution in [0.3, 0.4) is 0 Å². The van der Waals surface area contributed by atoms with Crippen molar-refractivity contribution in [1.82, 2.24) is 0 Å². The van der Waals surface area contributed by atoms with Crippen LogP contribution in [0.15, 0.2) is 24.3 Å². The molecule has 0 aliphatic heterocycles. The Labute approximate surface area is 78.5 Å². The SMILES string of the molecule is [CH2]CCc1ccc(NC(=N)N)cc1. The lowest BCUT2D eigenvalue weighted by atomic mass is 10.1. The molecule has 0 fully saturated rings. The van der Waals surface area contributed by atoms with Gasteiger partial charge in [0, 0.05) is 5.69 Å². The molecule has 1 aromatic carbocycles. The lowest BCUT2D eigenvalue weighted by Crippen LogP contribution is -2.20. The number of aryl methyl sites for hydroxylation is 1. The van der Waals surface area contributed by atoms with Crippen LogP contribution in [0.2, 0.25) is 0 Å². The number of hydrogen-bond donors (Lipinski definition) is 3. The summed E-state index contributed by atoms with van der Waals surface area (Å²) in [4.78, 5) is 0. The first-order valence-electron chi connectivity index (χ1n) is 4.21. The smallest absolute Gasteiger partial charge is 0.190 e. The van der Waals surface area contributed by atoms with Crippen molar-refractivity contribution >= 4 is 11.6 Å². The number of benzene rings is 1. The van der Waals surface area contributed by atoms with Gasteiger partial charge < -0.3 is 11.1 Å². The van der Waals surface area contributed by atoms with E-state index in [9.17, 15) is 0 Å². The minimum absolute atomic E-state index is 0.0371. The van der Waals surface area contributed by atoms with Crippen molar-refractivity contribution in [1.29, 1.82) is 5.41 Å². The van der Waals surface area contributed by atoms with Gasteiger partial charge in [-0.25, -0.2) is 0 Å². The van der Waals surface area contributed by atoms with Crippen LogP contribution in [0, 0.1) is 12.3 Å². The van der Waals surface area contributed by atoms with Gasteiger partial charge in [-0.3, -0.25) is 5.41 Å². The summed E-state index contributed by atoms with van der Waals surface area (Å²) in [5, 5.41) is 9.74. The maximum Gasteiger partial charge on any atom is 0.190 e. The van der Waals surface area contributed by atoms with Crippen molar-refractivity contribution in [2.75, 3.05) is 5.32 Å². The van der Waals surface area contributed by atoms with E-state index in [0.717, 1.165) is 18.5 Å². The summed E-state index contributed by atoms with van der Waals surface area (Å²) in [6.07, 6.45) is 1.89. The van der Waals surface area contributed by atoms with Gasteiger partial charge in [0.25, 0.3) is 0 Å². The van der Waals surface area contributed by atoms with Crippen molar-refractivity contribution in [2.45, 2.75) is 12.8 Å². The van der Waals surface area contributed by atoms with Crippen LogP contribution in [-0.4, -0.2) is 5.96 Å². The molecule has 1 aromatic rings. The second kappa shape index (κ2) is 4.50. The highest BCUT2D eigenvalue weighted by atomic mass is 15.0. The molecule has 4 N–H and O–H groups in total. The van der Waals surface area contributed by atoms with Gasteiger partial charge in [0.05, 0.1) is 0 Å². The van der Waals surface area contributed by atoms with Gasteiger partial charge in [-0.1, -0.05) is 19.1 Å². The van der Waals surface area contributed by atoms with Gasteiger partial charge in [-0.05, 0) is 30.5 Å². The maximum absolute atomic E-state index is 7.02. The molecule has 13 heavy (non-hydrogen) atoms. The quantitative estimate of drug-likeness (QED) is 0.485. The minimum atomic E-state index is -0.0371. The third-order valence-corrected chi connectivity index (χ3v) is 1.70. The van der Waals surface area contributed by atoms with Crippen LogP contribution in [0.1, 0.15) is 12.0 Å². The first kappa shape index (κ1) is 9.58. The molecule has 0 atom stereocenters. The zero-order chi connectivity index (χ0) is 9.68. The molecule has 69 valence electrons. The summed E-state index contributed by atoms with van der Waals surface area (Å²) in [6, 6.07) is 7.84. The third kappa shape index (κ3) is 3.15. The summed E-state index contributed by atoms with van der Waals surface area (Å²) in [5.74, 6) is -0.0371. The Morgan fingerprint density at radius 3 is 2.46 bits per heavy atom. The van der Waals surface area contributed by atoms with E-state index in [-0.39, 0.29) is 5.96 Å². The van der Waals surface area contributed by atoms with E-state index in [1.807, 2.05) is 24.3 Å². The second-order valence-corrected chi connectivity index (χ2v) is 2.84. The molecule has 0 heterocycles. The molecule has 0 aliphatic carbocycles. The van der Waals surface area contributed by atoms with Crippen LogP contribution < -0.4 is 11.1 Å². The molecule has 3 heteroatoms. The number of nitrogens with one attached hydrogen (secondary N) is 2. The van der Waals surface area contributed by atoms with Crippen LogP contribution in [0.25, 0.3) is 0 Å². The molecule has 0 aliphatic rings. The lowest BCUT2D eigenvalue weighted by Gasteiger charge is -2.04. The molecular formula is C10H14N3. The summed E-state index contributed by atoms with van der Waals surface area (Å²) in [5.41, 5.74) is 7.28. The molecule has 0 spiro atoms. The number of nitrogens with two attached hydrogens (primary N) is 1. The molecule has 1 radical (unpaired) electrons. The van der Waals surface area contributed by atoms with Crippen molar-refractivity contribution in [2.24, 2.45) is 5.73 Å². The largest absolute Gasteiger partial charge is 0.370 e. The highest BCUT2D eigenvalue weighted by molar-refractivity contribution is 5.89. The van der Waals surface area contributed by atoms with Crippen LogP contribution in [-0.2, 0) is 6.42 Å². The number of guanidine groups is 1. The zero-order valence-corrected chi connectivity index (χ0v) is 7.51. The van der Waals surface area contributed by atoms with Gasteiger partial charge in [-0.15, -0.1) is 0 Å². The van der Waals surface area contributed by atoms with E-state index < -0.39 is 0 Å². The highest BCUT2D eigenvalue weighted by Crippen LogP contribution is 2.10. The fourth-order valence-electron chi connectivity index (χ4n) is 1.11. The van der Waals surface area contributed by atoms with Gasteiger partial charge in [0.15, 0.2) is 5.96 Å².